The zero-order chi connectivity index (χ0) is 15.0. The molecule has 0 aliphatic carbocycles. The molecule has 0 atom stereocenters. The fourth-order valence-corrected chi connectivity index (χ4v) is 2.32. The Hall–Kier alpha value is -1.12. The molecular weight excluding hydrogens is 307 g/mol. The lowest BCUT2D eigenvalue weighted by Gasteiger charge is -2.14. The predicted molar refractivity (Wildman–Crippen MR) is 62.5 cm³/mol. The predicted octanol–water partition coefficient (Wildman–Crippen LogP) is 2.33. The number of hydrogen-bond donors (Lipinski definition) is 0. The van der Waals surface area contributed by atoms with Crippen molar-refractivity contribution in [2.24, 2.45) is 0 Å². The van der Waals surface area contributed by atoms with Gasteiger partial charge in [-0.15, -0.1) is 0 Å². The Morgan fingerprint density at radius 1 is 1.21 bits per heavy atom. The monoisotopic (exact) mass is 315 g/mol. The summed E-state index contributed by atoms with van der Waals surface area (Å²) < 4.78 is 62.2. The van der Waals surface area contributed by atoms with Gasteiger partial charge in [0.15, 0.2) is 0 Å². The smallest absolute Gasteiger partial charge is 0.276 e. The molecule has 0 bridgehead atoms. The maximum atomic E-state index is 12.6. The molecule has 0 unspecified atom stereocenters. The van der Waals surface area contributed by atoms with E-state index in [9.17, 15) is 26.4 Å². The molecule has 0 aliphatic rings. The van der Waals surface area contributed by atoms with E-state index in [0.29, 0.717) is 12.1 Å². The molecule has 0 radical (unpaired) electrons. The van der Waals surface area contributed by atoms with Crippen LogP contribution in [0.5, 0.6) is 0 Å². The van der Waals surface area contributed by atoms with Crippen molar-refractivity contribution < 1.29 is 26.4 Å². The van der Waals surface area contributed by atoms with Crippen LogP contribution in [0.15, 0.2) is 23.1 Å². The van der Waals surface area contributed by atoms with E-state index in [1.165, 1.54) is 0 Å². The van der Waals surface area contributed by atoms with Gasteiger partial charge < -0.3 is 0 Å². The van der Waals surface area contributed by atoms with Gasteiger partial charge in [-0.3, -0.25) is 4.79 Å². The largest absolute Gasteiger partial charge is 0.416 e. The number of nitrogens with zero attached hydrogens (tertiary/aromatic N) is 1. The maximum Gasteiger partial charge on any atom is 0.416 e. The Balaban J connectivity index is 3.59. The summed E-state index contributed by atoms with van der Waals surface area (Å²) in [5, 5.41) is -1.17. The molecule has 0 amide bonds. The number of carbonyl (C=O) groups is 1. The van der Waals surface area contributed by atoms with Crippen molar-refractivity contribution in [3.05, 3.63) is 29.3 Å². The number of rotatable bonds is 3. The highest BCUT2D eigenvalue weighted by molar-refractivity contribution is 7.89. The number of benzene rings is 1. The molecular formula is C10H9ClF3NO3S. The van der Waals surface area contributed by atoms with Crippen LogP contribution in [0.4, 0.5) is 13.2 Å². The number of alkyl halides is 3. The molecule has 1 aromatic rings. The van der Waals surface area contributed by atoms with E-state index in [1.54, 1.807) is 0 Å². The Morgan fingerprint density at radius 2 is 1.74 bits per heavy atom. The molecule has 0 fully saturated rings. The van der Waals surface area contributed by atoms with Gasteiger partial charge in [-0.25, -0.2) is 12.7 Å². The summed E-state index contributed by atoms with van der Waals surface area (Å²) in [5.41, 5.74) is -1.78. The fraction of sp³-hybridized carbons (Fsp3) is 0.300. The summed E-state index contributed by atoms with van der Waals surface area (Å²) in [6, 6.07) is 1.77. The Labute approximate surface area is 112 Å². The van der Waals surface area contributed by atoms with Crippen LogP contribution >= 0.6 is 11.6 Å². The minimum Gasteiger partial charge on any atom is -0.276 e. The van der Waals surface area contributed by atoms with Gasteiger partial charge in [-0.2, -0.15) is 13.2 Å². The maximum absolute atomic E-state index is 12.6. The third-order valence-electron chi connectivity index (χ3n) is 2.24. The second-order valence-corrected chi connectivity index (χ2v) is 6.30. The average Bonchev–Trinajstić information content (AvgIpc) is 2.26. The second-order valence-electron chi connectivity index (χ2n) is 3.80. The van der Waals surface area contributed by atoms with Crippen LogP contribution in [0.3, 0.4) is 0 Å². The van der Waals surface area contributed by atoms with Crippen LogP contribution in [-0.4, -0.2) is 32.1 Å². The highest BCUT2D eigenvalue weighted by Gasteiger charge is 2.33. The lowest BCUT2D eigenvalue weighted by Crippen LogP contribution is -2.23. The van der Waals surface area contributed by atoms with Crippen LogP contribution < -0.4 is 0 Å². The van der Waals surface area contributed by atoms with Gasteiger partial charge in [0.2, 0.25) is 10.0 Å². The molecule has 106 valence electrons. The molecule has 1 aromatic carbocycles. The van der Waals surface area contributed by atoms with E-state index >= 15 is 0 Å². The van der Waals surface area contributed by atoms with Gasteiger partial charge >= 0.3 is 6.18 Å². The summed E-state index contributed by atoms with van der Waals surface area (Å²) in [7, 11) is -1.76. The standard InChI is InChI=1S/C10H9ClF3NO3S/c1-15(2)19(17,18)8-4-6(9(11)16)3-7(5-8)10(12,13)14/h3-5H,1-2H3. The van der Waals surface area contributed by atoms with E-state index in [-0.39, 0.29) is 0 Å². The molecule has 0 saturated carbocycles. The lowest BCUT2D eigenvalue weighted by atomic mass is 10.1. The molecule has 0 heterocycles. The number of sulfonamides is 1. The van der Waals surface area contributed by atoms with Crippen molar-refractivity contribution in [2.45, 2.75) is 11.1 Å². The van der Waals surface area contributed by atoms with Crippen molar-refractivity contribution >= 4 is 26.9 Å². The van der Waals surface area contributed by atoms with Crippen molar-refractivity contribution in [3.63, 3.8) is 0 Å². The Bertz CT molecular complexity index is 611. The minimum absolute atomic E-state index is 0.457. The second kappa shape index (κ2) is 5.10. The summed E-state index contributed by atoms with van der Waals surface area (Å²) in [6.07, 6.45) is -4.78. The van der Waals surface area contributed by atoms with Gasteiger partial charge in [-0.05, 0) is 29.8 Å². The van der Waals surface area contributed by atoms with E-state index < -0.39 is 37.5 Å². The van der Waals surface area contributed by atoms with Crippen LogP contribution in [0, 0.1) is 0 Å². The minimum atomic E-state index is -4.78. The number of hydrogen-bond acceptors (Lipinski definition) is 3. The molecule has 0 aromatic heterocycles. The van der Waals surface area contributed by atoms with Crippen LogP contribution in [0.25, 0.3) is 0 Å². The summed E-state index contributed by atoms with van der Waals surface area (Å²) in [4.78, 5) is 10.3. The van der Waals surface area contributed by atoms with Crippen LogP contribution in [0.1, 0.15) is 15.9 Å². The lowest BCUT2D eigenvalue weighted by molar-refractivity contribution is -0.137. The Morgan fingerprint density at radius 3 is 2.11 bits per heavy atom. The van der Waals surface area contributed by atoms with Crippen molar-refractivity contribution in [1.29, 1.82) is 0 Å². The van der Waals surface area contributed by atoms with Gasteiger partial charge in [0, 0.05) is 19.7 Å². The number of carbonyl (C=O) groups excluding carboxylic acids is 1. The summed E-state index contributed by atoms with van der Waals surface area (Å²) in [6.45, 7) is 0. The van der Waals surface area contributed by atoms with E-state index in [2.05, 4.69) is 0 Å². The molecule has 0 spiro atoms. The molecule has 0 saturated heterocycles. The van der Waals surface area contributed by atoms with Gasteiger partial charge in [0.05, 0.1) is 10.5 Å². The topological polar surface area (TPSA) is 54.5 Å². The molecule has 19 heavy (non-hydrogen) atoms. The Kier molecular flexibility index (Phi) is 4.28. The van der Waals surface area contributed by atoms with Gasteiger partial charge in [0.1, 0.15) is 0 Å². The van der Waals surface area contributed by atoms with Crippen molar-refractivity contribution in [3.8, 4) is 0 Å². The fourth-order valence-electron chi connectivity index (χ4n) is 1.24. The summed E-state index contributed by atoms with van der Waals surface area (Å²) >= 11 is 5.11. The average molecular weight is 316 g/mol. The zero-order valence-corrected chi connectivity index (χ0v) is 11.4. The van der Waals surface area contributed by atoms with E-state index in [0.717, 1.165) is 24.5 Å². The highest BCUT2D eigenvalue weighted by atomic mass is 35.5. The van der Waals surface area contributed by atoms with Gasteiger partial charge in [-0.1, -0.05) is 0 Å². The third-order valence-corrected chi connectivity index (χ3v) is 4.25. The highest BCUT2D eigenvalue weighted by Crippen LogP contribution is 2.32. The molecule has 9 heteroatoms. The normalized spacial score (nSPS) is 12.8. The van der Waals surface area contributed by atoms with E-state index in [4.69, 9.17) is 11.6 Å². The van der Waals surface area contributed by atoms with E-state index in [1.807, 2.05) is 0 Å². The number of halogens is 4. The summed E-state index contributed by atoms with van der Waals surface area (Å²) in [5.74, 6) is 0. The quantitative estimate of drug-likeness (QED) is 0.804. The molecule has 0 N–H and O–H groups in total. The van der Waals surface area contributed by atoms with Crippen molar-refractivity contribution in [1.82, 2.24) is 4.31 Å². The first-order valence-electron chi connectivity index (χ1n) is 4.81. The van der Waals surface area contributed by atoms with Crippen LogP contribution in [0.2, 0.25) is 0 Å². The van der Waals surface area contributed by atoms with Crippen molar-refractivity contribution in [2.75, 3.05) is 14.1 Å². The third kappa shape index (κ3) is 3.46. The van der Waals surface area contributed by atoms with Crippen LogP contribution in [-0.2, 0) is 16.2 Å². The molecule has 0 aliphatic heterocycles. The molecule has 1 rings (SSSR count). The first-order valence-corrected chi connectivity index (χ1v) is 6.62. The first kappa shape index (κ1) is 15.9. The molecule has 4 nitrogen and oxygen atoms in total. The first-order chi connectivity index (χ1) is 8.46. The zero-order valence-electron chi connectivity index (χ0n) is 9.82. The van der Waals surface area contributed by atoms with Gasteiger partial charge in [0.25, 0.3) is 5.24 Å². The SMILES string of the molecule is CN(C)S(=O)(=O)c1cc(C(=O)Cl)cc(C(F)(F)F)c1.